The van der Waals surface area contributed by atoms with Crippen molar-refractivity contribution in [1.29, 1.82) is 0 Å². The number of hydrogen-bond acceptors (Lipinski definition) is 3. The number of aromatic hydroxyl groups is 1. The van der Waals surface area contributed by atoms with Gasteiger partial charge in [-0.2, -0.15) is 0 Å². The Morgan fingerprint density at radius 3 is 2.75 bits per heavy atom. The first kappa shape index (κ1) is 10.1. The lowest BCUT2D eigenvalue weighted by Gasteiger charge is -2.20. The fourth-order valence-corrected chi connectivity index (χ4v) is 3.17. The summed E-state index contributed by atoms with van der Waals surface area (Å²) in [5.74, 6) is 0.285. The molecule has 1 aliphatic heterocycles. The van der Waals surface area contributed by atoms with Crippen molar-refractivity contribution >= 4 is 39.1 Å². The first-order chi connectivity index (χ1) is 7.72. The van der Waals surface area contributed by atoms with Crippen LogP contribution in [0.2, 0.25) is 0 Å². The summed E-state index contributed by atoms with van der Waals surface area (Å²) in [5.41, 5.74) is 2.03. The number of halogens is 1. The minimum atomic E-state index is 0.285. The molecule has 0 spiro atoms. The third kappa shape index (κ3) is 1.68. The molecule has 16 heavy (non-hydrogen) atoms. The van der Waals surface area contributed by atoms with Gasteiger partial charge in [-0.1, -0.05) is 27.7 Å². The maximum absolute atomic E-state index is 9.42. The van der Waals surface area contributed by atoms with Crippen molar-refractivity contribution in [2.75, 3.05) is 5.32 Å². The molecule has 0 saturated carbocycles. The smallest absolute Gasteiger partial charge is 0.117 e. The topological polar surface area (TPSA) is 32.3 Å². The summed E-state index contributed by atoms with van der Waals surface area (Å²) >= 11 is 5.16. The van der Waals surface area contributed by atoms with Crippen LogP contribution >= 0.6 is 27.7 Å². The Morgan fingerprint density at radius 2 is 1.88 bits per heavy atom. The van der Waals surface area contributed by atoms with E-state index in [1.807, 2.05) is 18.2 Å². The molecule has 2 nitrogen and oxygen atoms in total. The number of phenolic OH excluding ortho intramolecular Hbond substituents is 1. The van der Waals surface area contributed by atoms with Gasteiger partial charge < -0.3 is 10.4 Å². The summed E-state index contributed by atoms with van der Waals surface area (Å²) in [4.78, 5) is 2.32. The summed E-state index contributed by atoms with van der Waals surface area (Å²) in [5, 5.41) is 12.7. The molecule has 0 amide bonds. The van der Waals surface area contributed by atoms with Crippen molar-refractivity contribution in [2.45, 2.75) is 9.79 Å². The van der Waals surface area contributed by atoms with Crippen LogP contribution in [-0.4, -0.2) is 5.11 Å². The summed E-state index contributed by atoms with van der Waals surface area (Å²) in [7, 11) is 0. The second-order valence-electron chi connectivity index (χ2n) is 3.55. The van der Waals surface area contributed by atoms with E-state index in [9.17, 15) is 5.11 Å². The number of hydrogen-bond donors (Lipinski definition) is 2. The standard InChI is InChI=1S/C12H8BrNOS/c13-7-1-3-9-12(5-7)16-11-4-2-8(15)6-10(11)14-9/h1-6,14-15H. The molecule has 2 aromatic carbocycles. The van der Waals surface area contributed by atoms with Gasteiger partial charge in [0.2, 0.25) is 0 Å². The SMILES string of the molecule is Oc1ccc2c(c1)Nc1ccc(Br)cc1S2. The van der Waals surface area contributed by atoms with Crippen LogP contribution < -0.4 is 5.32 Å². The van der Waals surface area contributed by atoms with Crippen LogP contribution in [0.1, 0.15) is 0 Å². The second kappa shape index (κ2) is 3.71. The van der Waals surface area contributed by atoms with Crippen molar-refractivity contribution in [3.63, 3.8) is 0 Å². The van der Waals surface area contributed by atoms with Gasteiger partial charge in [0.15, 0.2) is 0 Å². The predicted octanol–water partition coefficient (Wildman–Crippen LogP) is 4.36. The van der Waals surface area contributed by atoms with Crippen LogP contribution in [0.15, 0.2) is 50.7 Å². The van der Waals surface area contributed by atoms with E-state index in [1.165, 1.54) is 4.90 Å². The Hall–Kier alpha value is -1.13. The zero-order chi connectivity index (χ0) is 11.1. The van der Waals surface area contributed by atoms with Crippen molar-refractivity contribution in [2.24, 2.45) is 0 Å². The Morgan fingerprint density at radius 1 is 1.00 bits per heavy atom. The molecule has 3 rings (SSSR count). The monoisotopic (exact) mass is 293 g/mol. The van der Waals surface area contributed by atoms with Crippen LogP contribution in [0.4, 0.5) is 11.4 Å². The lowest BCUT2D eigenvalue weighted by molar-refractivity contribution is 0.475. The van der Waals surface area contributed by atoms with Crippen LogP contribution in [0, 0.1) is 0 Å². The number of benzene rings is 2. The normalized spacial score (nSPS) is 12.6. The first-order valence-corrected chi connectivity index (χ1v) is 6.41. The van der Waals surface area contributed by atoms with E-state index in [4.69, 9.17) is 0 Å². The summed E-state index contributed by atoms with van der Waals surface area (Å²) in [6, 6.07) is 11.5. The zero-order valence-electron chi connectivity index (χ0n) is 8.20. The van der Waals surface area contributed by atoms with Gasteiger partial charge in [-0.15, -0.1) is 0 Å². The molecule has 4 heteroatoms. The molecular formula is C12H8BrNOS. The highest BCUT2D eigenvalue weighted by Crippen LogP contribution is 2.45. The van der Waals surface area contributed by atoms with Crippen LogP contribution in [-0.2, 0) is 0 Å². The molecule has 0 aliphatic carbocycles. The number of fused-ring (bicyclic) bond motifs is 2. The zero-order valence-corrected chi connectivity index (χ0v) is 10.6. The molecule has 0 aromatic heterocycles. The maximum Gasteiger partial charge on any atom is 0.117 e. The molecule has 0 bridgehead atoms. The number of anilines is 2. The quantitative estimate of drug-likeness (QED) is 0.646. The van der Waals surface area contributed by atoms with E-state index in [0.29, 0.717) is 0 Å². The highest BCUT2D eigenvalue weighted by atomic mass is 79.9. The fraction of sp³-hybridized carbons (Fsp3) is 0. The van der Waals surface area contributed by atoms with Gasteiger partial charge in [-0.3, -0.25) is 0 Å². The number of rotatable bonds is 0. The Bertz CT molecular complexity index is 519. The Kier molecular flexibility index (Phi) is 2.33. The van der Waals surface area contributed by atoms with Crippen LogP contribution in [0.3, 0.4) is 0 Å². The predicted molar refractivity (Wildman–Crippen MR) is 69.7 cm³/mol. The largest absolute Gasteiger partial charge is 0.508 e. The lowest BCUT2D eigenvalue weighted by Crippen LogP contribution is -1.99. The molecule has 1 aliphatic rings. The summed E-state index contributed by atoms with van der Waals surface area (Å²) in [6.07, 6.45) is 0. The van der Waals surface area contributed by atoms with Gasteiger partial charge in [0.1, 0.15) is 5.75 Å². The molecular weight excluding hydrogens is 286 g/mol. The van der Waals surface area contributed by atoms with E-state index in [1.54, 1.807) is 23.9 Å². The van der Waals surface area contributed by atoms with Gasteiger partial charge in [0.05, 0.1) is 11.4 Å². The molecule has 80 valence electrons. The fourth-order valence-electron chi connectivity index (χ4n) is 1.65. The maximum atomic E-state index is 9.42. The second-order valence-corrected chi connectivity index (χ2v) is 5.55. The van der Waals surface area contributed by atoms with Crippen molar-refractivity contribution < 1.29 is 5.11 Å². The highest BCUT2D eigenvalue weighted by Gasteiger charge is 2.15. The Labute approximate surface area is 106 Å². The lowest BCUT2D eigenvalue weighted by atomic mass is 10.2. The summed E-state index contributed by atoms with van der Waals surface area (Å²) < 4.78 is 1.07. The first-order valence-electron chi connectivity index (χ1n) is 4.80. The third-order valence-corrected chi connectivity index (χ3v) is 4.02. The number of phenols is 1. The van der Waals surface area contributed by atoms with Crippen molar-refractivity contribution in [3.05, 3.63) is 40.9 Å². The number of nitrogens with one attached hydrogen (secondary N) is 1. The summed E-state index contributed by atoms with van der Waals surface area (Å²) in [6.45, 7) is 0. The molecule has 0 fully saturated rings. The van der Waals surface area contributed by atoms with Gasteiger partial charge in [0, 0.05) is 20.3 Å². The van der Waals surface area contributed by atoms with Crippen LogP contribution in [0.5, 0.6) is 5.75 Å². The minimum Gasteiger partial charge on any atom is -0.508 e. The van der Waals surface area contributed by atoms with E-state index >= 15 is 0 Å². The molecule has 1 heterocycles. The molecule has 0 radical (unpaired) electrons. The minimum absolute atomic E-state index is 0.285. The third-order valence-electron chi connectivity index (χ3n) is 2.40. The average Bonchev–Trinajstić information content (AvgIpc) is 2.26. The molecule has 2 N–H and O–H groups in total. The molecule has 0 unspecified atom stereocenters. The van der Waals surface area contributed by atoms with Crippen molar-refractivity contribution in [1.82, 2.24) is 0 Å². The van der Waals surface area contributed by atoms with Gasteiger partial charge >= 0.3 is 0 Å². The van der Waals surface area contributed by atoms with E-state index in [0.717, 1.165) is 20.7 Å². The molecule has 2 aromatic rings. The van der Waals surface area contributed by atoms with E-state index in [2.05, 4.69) is 27.3 Å². The highest BCUT2D eigenvalue weighted by molar-refractivity contribution is 9.10. The Balaban J connectivity index is 2.09. The average molecular weight is 294 g/mol. The van der Waals surface area contributed by atoms with Gasteiger partial charge in [-0.05, 0) is 30.3 Å². The molecule has 0 atom stereocenters. The van der Waals surface area contributed by atoms with Gasteiger partial charge in [0.25, 0.3) is 0 Å². The van der Waals surface area contributed by atoms with Crippen molar-refractivity contribution in [3.8, 4) is 5.75 Å². The van der Waals surface area contributed by atoms with Crippen LogP contribution in [0.25, 0.3) is 0 Å². The van der Waals surface area contributed by atoms with Gasteiger partial charge in [-0.25, -0.2) is 0 Å². The van der Waals surface area contributed by atoms with E-state index < -0.39 is 0 Å². The molecule has 0 saturated heterocycles. The van der Waals surface area contributed by atoms with E-state index in [-0.39, 0.29) is 5.75 Å².